The third-order valence-electron chi connectivity index (χ3n) is 1.39. The third-order valence-corrected chi connectivity index (χ3v) is 2.23. The molecule has 0 saturated carbocycles. The van der Waals surface area contributed by atoms with E-state index >= 15 is 0 Å². The predicted molar refractivity (Wildman–Crippen MR) is 41.2 cm³/mol. The van der Waals surface area contributed by atoms with Crippen molar-refractivity contribution in [1.82, 2.24) is 0 Å². The van der Waals surface area contributed by atoms with Gasteiger partial charge in [-0.3, -0.25) is 0 Å². The van der Waals surface area contributed by atoms with Crippen molar-refractivity contribution in [3.8, 4) is 5.75 Å². The Balaban J connectivity index is 3.41. The second kappa shape index (κ2) is 3.29. The minimum atomic E-state index is -4.93. The second-order valence-electron chi connectivity index (χ2n) is 2.23. The summed E-state index contributed by atoms with van der Waals surface area (Å²) < 4.78 is 50.4. The van der Waals surface area contributed by atoms with Crippen LogP contribution in [0.5, 0.6) is 5.75 Å². The summed E-state index contributed by atoms with van der Waals surface area (Å²) in [4.78, 5) is -0.796. The molecular formula is C7H6F2O3S. The average Bonchev–Trinajstić information content (AvgIpc) is 2.03. The van der Waals surface area contributed by atoms with Crippen LogP contribution in [-0.2, 0) is 10.2 Å². The molecule has 0 heterocycles. The Kier molecular flexibility index (Phi) is 2.51. The Morgan fingerprint density at radius 1 is 1.38 bits per heavy atom. The normalized spacial score (nSPS) is 11.3. The third kappa shape index (κ3) is 2.15. The topological polar surface area (TPSA) is 43.4 Å². The number of benzene rings is 1. The molecule has 0 unspecified atom stereocenters. The summed E-state index contributed by atoms with van der Waals surface area (Å²) in [5.41, 5.74) is 0. The molecule has 1 rings (SSSR count). The average molecular weight is 208 g/mol. The molecule has 3 nitrogen and oxygen atoms in total. The number of methoxy groups -OCH3 is 1. The van der Waals surface area contributed by atoms with Crippen LogP contribution in [0, 0.1) is 5.82 Å². The Hall–Kier alpha value is -1.17. The van der Waals surface area contributed by atoms with Crippen molar-refractivity contribution in [2.75, 3.05) is 7.11 Å². The number of rotatable bonds is 2. The first-order valence-corrected chi connectivity index (χ1v) is 4.61. The van der Waals surface area contributed by atoms with Gasteiger partial charge in [-0.15, -0.1) is 3.89 Å². The van der Waals surface area contributed by atoms with Crippen molar-refractivity contribution in [2.24, 2.45) is 0 Å². The van der Waals surface area contributed by atoms with E-state index < -0.39 is 20.9 Å². The fourth-order valence-corrected chi connectivity index (χ4v) is 1.49. The van der Waals surface area contributed by atoms with Gasteiger partial charge in [0.05, 0.1) is 7.11 Å². The zero-order chi connectivity index (χ0) is 10.1. The molecule has 1 aromatic carbocycles. The Morgan fingerprint density at radius 3 is 2.46 bits per heavy atom. The summed E-state index contributed by atoms with van der Waals surface area (Å²) in [6.07, 6.45) is 0. The molecule has 0 bridgehead atoms. The van der Waals surface area contributed by atoms with E-state index in [1.165, 1.54) is 7.11 Å². The van der Waals surface area contributed by atoms with Gasteiger partial charge in [-0.2, -0.15) is 8.42 Å². The summed E-state index contributed by atoms with van der Waals surface area (Å²) >= 11 is 0. The molecule has 0 aliphatic carbocycles. The van der Waals surface area contributed by atoms with Crippen LogP contribution in [0.3, 0.4) is 0 Å². The quantitative estimate of drug-likeness (QED) is 0.691. The molecule has 0 aliphatic rings. The van der Waals surface area contributed by atoms with Gasteiger partial charge in [0, 0.05) is 0 Å². The van der Waals surface area contributed by atoms with Gasteiger partial charge in [0.15, 0.2) is 0 Å². The smallest absolute Gasteiger partial charge is 0.335 e. The SMILES string of the molecule is COc1ccc(F)cc1S(=O)(=O)F. The van der Waals surface area contributed by atoms with Crippen LogP contribution in [0.25, 0.3) is 0 Å². The molecular weight excluding hydrogens is 202 g/mol. The fourth-order valence-electron chi connectivity index (χ4n) is 0.841. The zero-order valence-corrected chi connectivity index (χ0v) is 7.44. The van der Waals surface area contributed by atoms with Gasteiger partial charge in [0.25, 0.3) is 0 Å². The van der Waals surface area contributed by atoms with E-state index in [4.69, 9.17) is 0 Å². The summed E-state index contributed by atoms with van der Waals surface area (Å²) in [6, 6.07) is 2.59. The summed E-state index contributed by atoms with van der Waals surface area (Å²) in [5.74, 6) is -1.05. The maximum absolute atomic E-state index is 12.5. The van der Waals surface area contributed by atoms with Gasteiger partial charge in [0.2, 0.25) is 0 Å². The molecule has 0 N–H and O–H groups in total. The molecule has 0 aromatic heterocycles. The van der Waals surface area contributed by atoms with Crippen molar-refractivity contribution in [3.05, 3.63) is 24.0 Å². The van der Waals surface area contributed by atoms with Crippen molar-refractivity contribution < 1.29 is 21.4 Å². The lowest BCUT2D eigenvalue weighted by Gasteiger charge is -2.03. The van der Waals surface area contributed by atoms with Crippen molar-refractivity contribution in [3.63, 3.8) is 0 Å². The summed E-state index contributed by atoms with van der Waals surface area (Å²) in [7, 11) is -3.76. The lowest BCUT2D eigenvalue weighted by molar-refractivity contribution is 0.399. The van der Waals surface area contributed by atoms with Gasteiger partial charge in [-0.1, -0.05) is 0 Å². The van der Waals surface area contributed by atoms with E-state index in [0.717, 1.165) is 12.1 Å². The highest BCUT2D eigenvalue weighted by molar-refractivity contribution is 7.86. The lowest BCUT2D eigenvalue weighted by Crippen LogP contribution is -1.97. The molecule has 13 heavy (non-hydrogen) atoms. The van der Waals surface area contributed by atoms with Crippen molar-refractivity contribution in [1.29, 1.82) is 0 Å². The van der Waals surface area contributed by atoms with E-state index in [1.54, 1.807) is 0 Å². The number of halogens is 2. The van der Waals surface area contributed by atoms with E-state index in [1.807, 2.05) is 0 Å². The molecule has 0 saturated heterocycles. The highest BCUT2D eigenvalue weighted by Gasteiger charge is 2.18. The highest BCUT2D eigenvalue weighted by atomic mass is 32.3. The molecule has 0 atom stereocenters. The summed E-state index contributed by atoms with van der Waals surface area (Å²) in [5, 5.41) is 0. The van der Waals surface area contributed by atoms with Gasteiger partial charge in [0.1, 0.15) is 16.5 Å². The lowest BCUT2D eigenvalue weighted by atomic mass is 10.3. The van der Waals surface area contributed by atoms with Crippen LogP contribution < -0.4 is 4.74 Å². The maximum atomic E-state index is 12.5. The maximum Gasteiger partial charge on any atom is 0.335 e. The molecule has 6 heteroatoms. The van der Waals surface area contributed by atoms with Crippen LogP contribution in [0.1, 0.15) is 0 Å². The monoisotopic (exact) mass is 208 g/mol. The number of hydrogen-bond donors (Lipinski definition) is 0. The predicted octanol–water partition coefficient (Wildman–Crippen LogP) is 1.49. The van der Waals surface area contributed by atoms with E-state index in [2.05, 4.69) is 4.74 Å². The van der Waals surface area contributed by atoms with Gasteiger partial charge in [-0.05, 0) is 18.2 Å². The molecule has 0 radical (unpaired) electrons. The van der Waals surface area contributed by atoms with E-state index in [9.17, 15) is 16.7 Å². The van der Waals surface area contributed by atoms with E-state index in [-0.39, 0.29) is 5.75 Å². The number of hydrogen-bond acceptors (Lipinski definition) is 3. The van der Waals surface area contributed by atoms with Crippen LogP contribution in [0.15, 0.2) is 23.1 Å². The first-order valence-electron chi connectivity index (χ1n) is 3.23. The zero-order valence-electron chi connectivity index (χ0n) is 6.62. The molecule has 0 amide bonds. The molecule has 72 valence electrons. The Bertz CT molecular complexity index is 414. The van der Waals surface area contributed by atoms with Crippen molar-refractivity contribution >= 4 is 10.2 Å². The van der Waals surface area contributed by atoms with Crippen LogP contribution in [0.4, 0.5) is 8.28 Å². The van der Waals surface area contributed by atoms with Crippen LogP contribution in [0.2, 0.25) is 0 Å². The second-order valence-corrected chi connectivity index (χ2v) is 3.55. The van der Waals surface area contributed by atoms with Crippen molar-refractivity contribution in [2.45, 2.75) is 4.90 Å². The molecule has 0 aliphatic heterocycles. The molecule has 0 spiro atoms. The van der Waals surface area contributed by atoms with Crippen LogP contribution in [-0.4, -0.2) is 15.5 Å². The van der Waals surface area contributed by atoms with Gasteiger partial charge < -0.3 is 4.74 Å². The number of ether oxygens (including phenoxy) is 1. The summed E-state index contributed by atoms with van der Waals surface area (Å²) in [6.45, 7) is 0. The molecule has 1 aromatic rings. The Morgan fingerprint density at radius 2 is 2.00 bits per heavy atom. The van der Waals surface area contributed by atoms with Gasteiger partial charge >= 0.3 is 10.2 Å². The Labute approximate surface area is 74.2 Å². The van der Waals surface area contributed by atoms with Crippen LogP contribution >= 0.6 is 0 Å². The molecule has 0 fully saturated rings. The largest absolute Gasteiger partial charge is 0.495 e. The fraction of sp³-hybridized carbons (Fsp3) is 0.143. The minimum Gasteiger partial charge on any atom is -0.495 e. The highest BCUT2D eigenvalue weighted by Crippen LogP contribution is 2.25. The standard InChI is InChI=1S/C7H6F2O3S/c1-12-6-3-2-5(8)4-7(6)13(9,10)11/h2-4H,1H3. The minimum absolute atomic E-state index is 0.219. The first-order chi connectivity index (χ1) is 5.95. The van der Waals surface area contributed by atoms with E-state index in [0.29, 0.717) is 6.07 Å². The first kappa shape index (κ1) is 9.91. The van der Waals surface area contributed by atoms with Gasteiger partial charge in [-0.25, -0.2) is 4.39 Å².